The van der Waals surface area contributed by atoms with Gasteiger partial charge >= 0.3 is 5.97 Å². The molecule has 0 aromatic heterocycles. The van der Waals surface area contributed by atoms with Crippen LogP contribution in [0, 0.1) is 0 Å². The van der Waals surface area contributed by atoms with E-state index in [1.807, 2.05) is 78.9 Å². The highest BCUT2D eigenvalue weighted by Crippen LogP contribution is 2.41. The van der Waals surface area contributed by atoms with Crippen LogP contribution in [0.1, 0.15) is 22.3 Å². The molecule has 0 fully saturated rings. The number of carboxylic acid groups (broad SMARTS) is 1. The Morgan fingerprint density at radius 2 is 1.56 bits per heavy atom. The minimum absolute atomic E-state index is 0.0191. The third-order valence-corrected chi connectivity index (χ3v) is 5.55. The van der Waals surface area contributed by atoms with Crippen LogP contribution < -0.4 is 4.74 Å². The molecule has 0 atom stereocenters. The van der Waals surface area contributed by atoms with Gasteiger partial charge in [-0.1, -0.05) is 84.9 Å². The van der Waals surface area contributed by atoms with Crippen molar-refractivity contribution in [3.63, 3.8) is 0 Å². The van der Waals surface area contributed by atoms with E-state index in [-0.39, 0.29) is 17.1 Å². The maximum absolute atomic E-state index is 12.3. The summed E-state index contributed by atoms with van der Waals surface area (Å²) in [5, 5.41) is 22.3. The van der Waals surface area contributed by atoms with Crippen molar-refractivity contribution < 1.29 is 19.7 Å². The molecule has 0 aliphatic heterocycles. The maximum atomic E-state index is 12.3. The largest absolute Gasteiger partial charge is 0.504 e. The quantitative estimate of drug-likeness (QED) is 0.365. The number of benzene rings is 4. The van der Waals surface area contributed by atoms with E-state index in [1.54, 1.807) is 12.1 Å². The van der Waals surface area contributed by atoms with Gasteiger partial charge in [0.15, 0.2) is 11.5 Å². The Morgan fingerprint density at radius 1 is 0.906 bits per heavy atom. The Hall–Kier alpha value is -4.05. The van der Waals surface area contributed by atoms with Gasteiger partial charge in [-0.15, -0.1) is 0 Å². The molecule has 0 bridgehead atoms. The summed E-state index contributed by atoms with van der Waals surface area (Å²) < 4.78 is 5.42. The Morgan fingerprint density at radius 3 is 2.19 bits per heavy atom. The highest BCUT2D eigenvalue weighted by Gasteiger charge is 2.20. The molecular formula is C28H24O4. The summed E-state index contributed by atoms with van der Waals surface area (Å²) in [7, 11) is 1.47. The summed E-state index contributed by atoms with van der Waals surface area (Å²) >= 11 is 0. The number of hydrogen-bond donors (Lipinski definition) is 2. The molecule has 32 heavy (non-hydrogen) atoms. The zero-order valence-electron chi connectivity index (χ0n) is 17.8. The van der Waals surface area contributed by atoms with E-state index in [4.69, 9.17) is 4.74 Å². The van der Waals surface area contributed by atoms with Crippen molar-refractivity contribution in [3.05, 3.63) is 113 Å². The fourth-order valence-corrected chi connectivity index (χ4v) is 3.99. The van der Waals surface area contributed by atoms with Gasteiger partial charge in [-0.05, 0) is 41.0 Å². The smallest absolute Gasteiger partial charge is 0.336 e. The number of aromatic hydroxyl groups is 1. The normalized spacial score (nSPS) is 11.5. The number of rotatable bonds is 7. The summed E-state index contributed by atoms with van der Waals surface area (Å²) in [5.74, 6) is -0.756. The topological polar surface area (TPSA) is 66.8 Å². The van der Waals surface area contributed by atoms with Crippen LogP contribution in [0.25, 0.3) is 16.3 Å². The van der Waals surface area contributed by atoms with E-state index >= 15 is 0 Å². The van der Waals surface area contributed by atoms with Gasteiger partial charge in [0.2, 0.25) is 0 Å². The fourth-order valence-electron chi connectivity index (χ4n) is 3.99. The first kappa shape index (κ1) is 21.2. The number of fused-ring (bicyclic) bond motifs is 1. The van der Waals surface area contributed by atoms with Crippen molar-refractivity contribution in [3.8, 4) is 11.5 Å². The summed E-state index contributed by atoms with van der Waals surface area (Å²) in [4.78, 5) is 12.3. The third kappa shape index (κ3) is 4.35. The SMILES string of the molecule is COc1cc(/C(=C/Cc2ccccc2)C(=O)O)c2cccc(Cc3ccccc3)c2c1O. The molecule has 160 valence electrons. The number of carboxylic acids is 1. The predicted octanol–water partition coefficient (Wildman–Crippen LogP) is 5.86. The molecule has 4 aromatic rings. The van der Waals surface area contributed by atoms with E-state index in [1.165, 1.54) is 7.11 Å². The monoisotopic (exact) mass is 424 g/mol. The molecule has 0 amide bonds. The maximum Gasteiger partial charge on any atom is 0.336 e. The second-order valence-corrected chi connectivity index (χ2v) is 7.59. The van der Waals surface area contributed by atoms with Crippen LogP contribution in [0.5, 0.6) is 11.5 Å². The van der Waals surface area contributed by atoms with E-state index in [2.05, 4.69) is 0 Å². The van der Waals surface area contributed by atoms with Crippen LogP contribution in [0.2, 0.25) is 0 Å². The number of allylic oxidation sites excluding steroid dienone is 1. The molecule has 0 aliphatic rings. The number of carbonyl (C=O) groups is 1. The average Bonchev–Trinajstić information content (AvgIpc) is 2.81. The zero-order valence-corrected chi connectivity index (χ0v) is 17.8. The van der Waals surface area contributed by atoms with Gasteiger partial charge in [0, 0.05) is 10.9 Å². The van der Waals surface area contributed by atoms with E-state index in [0.29, 0.717) is 29.2 Å². The number of ether oxygens (including phenoxy) is 1. The van der Waals surface area contributed by atoms with Crippen LogP contribution in [0.3, 0.4) is 0 Å². The highest BCUT2D eigenvalue weighted by atomic mass is 16.5. The van der Waals surface area contributed by atoms with Crippen molar-refractivity contribution >= 4 is 22.3 Å². The van der Waals surface area contributed by atoms with Crippen LogP contribution in [0.4, 0.5) is 0 Å². The Balaban J connectivity index is 1.89. The van der Waals surface area contributed by atoms with Crippen molar-refractivity contribution in [2.75, 3.05) is 7.11 Å². The number of hydrogen-bond acceptors (Lipinski definition) is 3. The Labute approximate surface area is 187 Å². The molecule has 4 rings (SSSR count). The Kier molecular flexibility index (Phi) is 6.22. The molecule has 0 aliphatic carbocycles. The molecule has 4 nitrogen and oxygen atoms in total. The van der Waals surface area contributed by atoms with Gasteiger partial charge in [0.1, 0.15) is 0 Å². The number of methoxy groups -OCH3 is 1. The third-order valence-electron chi connectivity index (χ3n) is 5.55. The lowest BCUT2D eigenvalue weighted by Gasteiger charge is -2.16. The second-order valence-electron chi connectivity index (χ2n) is 7.59. The molecule has 4 aromatic carbocycles. The van der Waals surface area contributed by atoms with Gasteiger partial charge in [-0.25, -0.2) is 4.79 Å². The zero-order chi connectivity index (χ0) is 22.5. The van der Waals surface area contributed by atoms with E-state index in [0.717, 1.165) is 16.7 Å². The van der Waals surface area contributed by atoms with Gasteiger partial charge in [0.05, 0.1) is 12.7 Å². The minimum Gasteiger partial charge on any atom is -0.504 e. The predicted molar refractivity (Wildman–Crippen MR) is 127 cm³/mol. The fraction of sp³-hybridized carbons (Fsp3) is 0.107. The van der Waals surface area contributed by atoms with Crippen molar-refractivity contribution in [2.24, 2.45) is 0 Å². The molecule has 0 radical (unpaired) electrons. The van der Waals surface area contributed by atoms with Gasteiger partial charge < -0.3 is 14.9 Å². The molecule has 4 heteroatoms. The van der Waals surface area contributed by atoms with Crippen LogP contribution >= 0.6 is 0 Å². The Bertz CT molecular complexity index is 1280. The van der Waals surface area contributed by atoms with Crippen LogP contribution in [0.15, 0.2) is 91.0 Å². The van der Waals surface area contributed by atoms with E-state index < -0.39 is 5.97 Å². The minimum atomic E-state index is -1.02. The molecular weight excluding hydrogens is 400 g/mol. The van der Waals surface area contributed by atoms with E-state index in [9.17, 15) is 15.0 Å². The first-order valence-electron chi connectivity index (χ1n) is 10.4. The number of aliphatic carboxylic acids is 1. The van der Waals surface area contributed by atoms with Crippen LogP contribution in [-0.2, 0) is 17.6 Å². The molecule has 0 heterocycles. The van der Waals surface area contributed by atoms with Gasteiger partial charge in [0.25, 0.3) is 0 Å². The average molecular weight is 424 g/mol. The molecule has 0 spiro atoms. The van der Waals surface area contributed by atoms with Crippen molar-refractivity contribution in [2.45, 2.75) is 12.8 Å². The summed E-state index contributed by atoms with van der Waals surface area (Å²) in [5.41, 5.74) is 3.72. The number of phenolic OH excluding ortho intramolecular Hbond substituents is 1. The summed E-state index contributed by atoms with van der Waals surface area (Å²) in [6, 6.07) is 27.0. The summed E-state index contributed by atoms with van der Waals surface area (Å²) in [6.07, 6.45) is 2.80. The number of phenols is 1. The van der Waals surface area contributed by atoms with Crippen molar-refractivity contribution in [1.29, 1.82) is 0 Å². The lowest BCUT2D eigenvalue weighted by molar-refractivity contribution is -0.130. The van der Waals surface area contributed by atoms with Gasteiger partial charge in [-0.3, -0.25) is 0 Å². The lowest BCUT2D eigenvalue weighted by Crippen LogP contribution is -2.03. The second kappa shape index (κ2) is 9.40. The highest BCUT2D eigenvalue weighted by molar-refractivity contribution is 6.20. The molecule has 2 N–H and O–H groups in total. The first-order chi connectivity index (χ1) is 15.6. The molecule has 0 saturated carbocycles. The first-order valence-corrected chi connectivity index (χ1v) is 10.4. The van der Waals surface area contributed by atoms with Crippen molar-refractivity contribution in [1.82, 2.24) is 0 Å². The molecule has 0 saturated heterocycles. The standard InChI is InChI=1S/C28H24O4/c1-32-25-18-24(23(28(30)31)16-15-19-9-4-2-5-10-19)22-14-8-13-21(26(22)27(25)29)17-20-11-6-3-7-12-20/h2-14,16,18,29H,15,17H2,1H3,(H,30,31)/b23-16-. The van der Waals surface area contributed by atoms with Gasteiger partial charge in [-0.2, -0.15) is 0 Å². The summed E-state index contributed by atoms with van der Waals surface area (Å²) in [6.45, 7) is 0. The lowest BCUT2D eigenvalue weighted by atomic mass is 9.91. The van der Waals surface area contributed by atoms with Crippen LogP contribution in [-0.4, -0.2) is 23.3 Å². The molecule has 0 unspecified atom stereocenters.